The van der Waals surface area contributed by atoms with Crippen molar-refractivity contribution in [2.45, 2.75) is 12.8 Å². The molecule has 8 nitrogen and oxygen atoms in total. The van der Waals surface area contributed by atoms with Gasteiger partial charge in [0.25, 0.3) is 0 Å². The molecule has 8 heteroatoms. The summed E-state index contributed by atoms with van der Waals surface area (Å²) < 4.78 is 0. The number of aromatic nitrogens is 2. The lowest BCUT2D eigenvalue weighted by atomic mass is 10.2. The molecule has 1 aromatic carbocycles. The van der Waals surface area contributed by atoms with Gasteiger partial charge in [-0.25, -0.2) is 4.98 Å². The standard InChI is InChI=1S/C17H18N6O2/c1-22-13-10-18-17-20-12-4-2-3-11(9-12)19-14(24)5-7-23(16(13)21-17)8-6-15(22)25/h2-4,9-10H,5-8H2,1H3,(H,19,24)(H,18,20,21). The summed E-state index contributed by atoms with van der Waals surface area (Å²) in [4.78, 5) is 36.9. The molecule has 1 aromatic heterocycles. The Morgan fingerprint density at radius 1 is 1.08 bits per heavy atom. The molecule has 2 aromatic rings. The monoisotopic (exact) mass is 338 g/mol. The first kappa shape index (κ1) is 15.4. The molecule has 2 aliphatic heterocycles. The number of benzene rings is 1. The van der Waals surface area contributed by atoms with Crippen LogP contribution < -0.4 is 20.4 Å². The van der Waals surface area contributed by atoms with E-state index >= 15 is 0 Å². The summed E-state index contributed by atoms with van der Waals surface area (Å²) in [6.45, 7) is 1.00. The molecule has 0 fully saturated rings. The van der Waals surface area contributed by atoms with E-state index in [4.69, 9.17) is 0 Å². The Hall–Kier alpha value is -3.16. The molecule has 0 saturated carbocycles. The van der Waals surface area contributed by atoms with Crippen molar-refractivity contribution >= 4 is 40.6 Å². The van der Waals surface area contributed by atoms with Crippen molar-refractivity contribution in [1.29, 1.82) is 0 Å². The summed E-state index contributed by atoms with van der Waals surface area (Å²) in [5, 5.41) is 6.05. The number of nitrogens with one attached hydrogen (secondary N) is 2. The van der Waals surface area contributed by atoms with Crippen LogP contribution in [0.2, 0.25) is 0 Å². The Bertz CT molecular complexity index is 853. The maximum Gasteiger partial charge on any atom is 0.229 e. The number of carbonyl (C=O) groups is 2. The lowest BCUT2D eigenvalue weighted by Crippen LogP contribution is -2.30. The van der Waals surface area contributed by atoms with E-state index in [-0.39, 0.29) is 11.8 Å². The summed E-state index contributed by atoms with van der Waals surface area (Å²) in [7, 11) is 1.72. The number of anilines is 5. The lowest BCUT2D eigenvalue weighted by Gasteiger charge is -2.24. The highest BCUT2D eigenvalue weighted by atomic mass is 16.2. The molecule has 2 aliphatic rings. The van der Waals surface area contributed by atoms with Crippen LogP contribution in [0.4, 0.5) is 28.8 Å². The molecule has 0 saturated heterocycles. The van der Waals surface area contributed by atoms with Gasteiger partial charge in [0, 0.05) is 44.4 Å². The highest BCUT2D eigenvalue weighted by Gasteiger charge is 2.26. The van der Waals surface area contributed by atoms with E-state index in [0.717, 1.165) is 11.4 Å². The van der Waals surface area contributed by atoms with E-state index in [1.165, 1.54) is 0 Å². The third kappa shape index (κ3) is 2.98. The van der Waals surface area contributed by atoms with Crippen LogP contribution in [0.1, 0.15) is 12.8 Å². The molecule has 2 amide bonds. The zero-order chi connectivity index (χ0) is 17.4. The molecule has 4 bridgehead atoms. The normalized spacial score (nSPS) is 17.0. The van der Waals surface area contributed by atoms with Crippen LogP contribution in [-0.2, 0) is 9.59 Å². The molecule has 0 atom stereocenters. The molecule has 3 heterocycles. The largest absolute Gasteiger partial charge is 0.354 e. The molecular formula is C17H18N6O2. The van der Waals surface area contributed by atoms with Crippen LogP contribution in [0.5, 0.6) is 0 Å². The predicted molar refractivity (Wildman–Crippen MR) is 95.2 cm³/mol. The van der Waals surface area contributed by atoms with Gasteiger partial charge in [0.15, 0.2) is 5.82 Å². The minimum Gasteiger partial charge on any atom is -0.354 e. The Balaban J connectivity index is 1.81. The highest BCUT2D eigenvalue weighted by molar-refractivity contribution is 5.97. The van der Waals surface area contributed by atoms with E-state index in [2.05, 4.69) is 20.6 Å². The number of nitrogens with zero attached hydrogens (tertiary/aromatic N) is 4. The average molecular weight is 338 g/mol. The fourth-order valence-corrected chi connectivity index (χ4v) is 3.02. The highest BCUT2D eigenvalue weighted by Crippen LogP contribution is 2.31. The van der Waals surface area contributed by atoms with Crippen LogP contribution in [0.25, 0.3) is 0 Å². The number of rotatable bonds is 0. The Kier molecular flexibility index (Phi) is 3.72. The smallest absolute Gasteiger partial charge is 0.229 e. The van der Waals surface area contributed by atoms with Gasteiger partial charge in [0.05, 0.1) is 6.20 Å². The molecule has 2 N–H and O–H groups in total. The first-order chi connectivity index (χ1) is 12.1. The van der Waals surface area contributed by atoms with Crippen molar-refractivity contribution in [2.75, 3.05) is 40.6 Å². The molecule has 4 rings (SSSR count). The van der Waals surface area contributed by atoms with Gasteiger partial charge in [0.2, 0.25) is 17.8 Å². The van der Waals surface area contributed by atoms with E-state index in [1.54, 1.807) is 18.1 Å². The van der Waals surface area contributed by atoms with E-state index in [0.29, 0.717) is 43.4 Å². The van der Waals surface area contributed by atoms with Gasteiger partial charge in [-0.05, 0) is 18.2 Å². The zero-order valence-electron chi connectivity index (χ0n) is 13.8. The van der Waals surface area contributed by atoms with Crippen LogP contribution in [0.3, 0.4) is 0 Å². The maximum atomic E-state index is 12.2. The Morgan fingerprint density at radius 3 is 2.68 bits per heavy atom. The van der Waals surface area contributed by atoms with Gasteiger partial charge in [-0.2, -0.15) is 4.98 Å². The van der Waals surface area contributed by atoms with E-state index in [1.807, 2.05) is 29.2 Å². The molecule has 0 radical (unpaired) electrons. The summed E-state index contributed by atoms with van der Waals surface area (Å²) >= 11 is 0. The third-order valence-corrected chi connectivity index (χ3v) is 4.39. The first-order valence-corrected chi connectivity index (χ1v) is 8.15. The molecule has 0 aliphatic carbocycles. The Morgan fingerprint density at radius 2 is 1.84 bits per heavy atom. The van der Waals surface area contributed by atoms with Crippen molar-refractivity contribution in [3.63, 3.8) is 0 Å². The first-order valence-electron chi connectivity index (χ1n) is 8.15. The fourth-order valence-electron chi connectivity index (χ4n) is 3.02. The second kappa shape index (κ2) is 6.04. The van der Waals surface area contributed by atoms with Gasteiger partial charge in [-0.1, -0.05) is 6.07 Å². The zero-order valence-corrected chi connectivity index (χ0v) is 13.8. The van der Waals surface area contributed by atoms with Crippen molar-refractivity contribution < 1.29 is 9.59 Å². The van der Waals surface area contributed by atoms with Crippen LogP contribution in [-0.4, -0.2) is 41.9 Å². The quantitative estimate of drug-likeness (QED) is 0.760. The summed E-state index contributed by atoms with van der Waals surface area (Å²) in [5.41, 5.74) is 2.15. The van der Waals surface area contributed by atoms with Crippen molar-refractivity contribution in [2.24, 2.45) is 0 Å². The summed E-state index contributed by atoms with van der Waals surface area (Å²) in [6.07, 6.45) is 2.33. The second-order valence-electron chi connectivity index (χ2n) is 6.10. The third-order valence-electron chi connectivity index (χ3n) is 4.39. The van der Waals surface area contributed by atoms with E-state index in [9.17, 15) is 9.59 Å². The predicted octanol–water partition coefficient (Wildman–Crippen LogP) is 1.74. The van der Waals surface area contributed by atoms with Crippen molar-refractivity contribution in [3.8, 4) is 0 Å². The minimum atomic E-state index is -0.0718. The van der Waals surface area contributed by atoms with Crippen LogP contribution in [0, 0.1) is 0 Å². The summed E-state index contributed by atoms with van der Waals surface area (Å²) in [6, 6.07) is 7.40. The van der Waals surface area contributed by atoms with Crippen LogP contribution >= 0.6 is 0 Å². The molecule has 0 spiro atoms. The van der Waals surface area contributed by atoms with Gasteiger partial charge in [-0.3, -0.25) is 9.59 Å². The molecule has 0 unspecified atom stereocenters. The fraction of sp³-hybridized carbons (Fsp3) is 0.294. The lowest BCUT2D eigenvalue weighted by molar-refractivity contribution is -0.118. The van der Waals surface area contributed by atoms with Crippen LogP contribution in [0.15, 0.2) is 30.5 Å². The van der Waals surface area contributed by atoms with Gasteiger partial charge in [0.1, 0.15) is 5.69 Å². The molecule has 128 valence electrons. The number of carbonyl (C=O) groups excluding carboxylic acids is 2. The van der Waals surface area contributed by atoms with Gasteiger partial charge < -0.3 is 20.4 Å². The second-order valence-corrected chi connectivity index (χ2v) is 6.10. The van der Waals surface area contributed by atoms with Gasteiger partial charge >= 0.3 is 0 Å². The van der Waals surface area contributed by atoms with Crippen molar-refractivity contribution in [3.05, 3.63) is 30.5 Å². The number of hydrogen-bond donors (Lipinski definition) is 2. The topological polar surface area (TPSA) is 90.5 Å². The Labute approximate surface area is 144 Å². The SMILES string of the molecule is CN1C(=O)CCN2CCC(=O)Nc3cccc(c3)Nc3ncc1c2n3. The number of hydrogen-bond acceptors (Lipinski definition) is 6. The van der Waals surface area contributed by atoms with Gasteiger partial charge in [-0.15, -0.1) is 0 Å². The average Bonchev–Trinajstić information content (AvgIpc) is 2.71. The minimum absolute atomic E-state index is 0.00785. The van der Waals surface area contributed by atoms with Crippen molar-refractivity contribution in [1.82, 2.24) is 9.97 Å². The summed E-state index contributed by atoms with van der Waals surface area (Å²) in [5.74, 6) is 1.05. The maximum absolute atomic E-state index is 12.2. The number of amides is 2. The molecule has 25 heavy (non-hydrogen) atoms. The molecular weight excluding hydrogens is 320 g/mol. The van der Waals surface area contributed by atoms with E-state index < -0.39 is 0 Å². The number of fused-ring (bicyclic) bond motifs is 3.